The molecule has 4 heteroatoms. The highest BCUT2D eigenvalue weighted by molar-refractivity contribution is 6.04. The highest BCUT2D eigenvalue weighted by atomic mass is 16.2. The molecule has 1 saturated heterocycles. The van der Waals surface area contributed by atoms with Crippen LogP contribution in [0.15, 0.2) is 54.6 Å². The van der Waals surface area contributed by atoms with Gasteiger partial charge in [-0.15, -0.1) is 0 Å². The number of benzene rings is 2. The van der Waals surface area contributed by atoms with Crippen LogP contribution in [0.1, 0.15) is 18.9 Å². The number of nitrogens with zero attached hydrogens (tertiary/aromatic N) is 2. The summed E-state index contributed by atoms with van der Waals surface area (Å²) in [6.45, 7) is 5.02. The number of hydrogen-bond acceptors (Lipinski definition) is 2. The first-order chi connectivity index (χ1) is 11.6. The van der Waals surface area contributed by atoms with Crippen molar-refractivity contribution >= 4 is 23.2 Å². The summed E-state index contributed by atoms with van der Waals surface area (Å²) in [5, 5.41) is 0. The van der Waals surface area contributed by atoms with Gasteiger partial charge in [0.2, 0.25) is 11.8 Å². The van der Waals surface area contributed by atoms with Gasteiger partial charge in [0.05, 0.1) is 5.92 Å². The number of amides is 2. The number of hydrogen-bond donors (Lipinski definition) is 0. The second kappa shape index (κ2) is 6.87. The van der Waals surface area contributed by atoms with Gasteiger partial charge in [-0.25, -0.2) is 0 Å². The lowest BCUT2D eigenvalue weighted by Gasteiger charge is -2.24. The third kappa shape index (κ3) is 3.18. The molecule has 1 aliphatic rings. The topological polar surface area (TPSA) is 40.6 Å². The molecule has 0 radical (unpaired) electrons. The van der Waals surface area contributed by atoms with Crippen LogP contribution < -0.4 is 9.80 Å². The van der Waals surface area contributed by atoms with Gasteiger partial charge in [-0.1, -0.05) is 30.3 Å². The fraction of sp³-hybridized carbons (Fsp3) is 0.300. The lowest BCUT2D eigenvalue weighted by molar-refractivity contribution is -0.124. The third-order valence-corrected chi connectivity index (χ3v) is 4.44. The molecule has 0 aromatic heterocycles. The van der Waals surface area contributed by atoms with E-state index in [1.165, 1.54) is 0 Å². The first-order valence-corrected chi connectivity index (χ1v) is 8.33. The van der Waals surface area contributed by atoms with E-state index in [1.807, 2.05) is 68.4 Å². The van der Waals surface area contributed by atoms with Crippen molar-refractivity contribution in [2.75, 3.05) is 22.9 Å². The zero-order chi connectivity index (χ0) is 17.1. The van der Waals surface area contributed by atoms with Crippen LogP contribution in [0.5, 0.6) is 0 Å². The molecule has 0 unspecified atom stereocenters. The van der Waals surface area contributed by atoms with Gasteiger partial charge in [-0.2, -0.15) is 0 Å². The number of anilines is 2. The van der Waals surface area contributed by atoms with Crippen LogP contribution in [0.4, 0.5) is 11.4 Å². The van der Waals surface area contributed by atoms with Crippen LogP contribution in [-0.2, 0) is 9.59 Å². The van der Waals surface area contributed by atoms with Crippen LogP contribution in [0, 0.1) is 12.8 Å². The van der Waals surface area contributed by atoms with Crippen molar-refractivity contribution in [3.8, 4) is 0 Å². The van der Waals surface area contributed by atoms with Crippen molar-refractivity contribution < 1.29 is 9.59 Å². The first kappa shape index (κ1) is 16.2. The van der Waals surface area contributed by atoms with E-state index in [0.29, 0.717) is 13.1 Å². The molecule has 0 spiro atoms. The largest absolute Gasteiger partial charge is 0.312 e. The minimum absolute atomic E-state index is 0.0137. The molecule has 2 aromatic carbocycles. The van der Waals surface area contributed by atoms with Crippen LogP contribution in [0.25, 0.3) is 0 Å². The Bertz CT molecular complexity index is 742. The number of para-hydroxylation sites is 1. The lowest BCUT2D eigenvalue weighted by atomic mass is 10.1. The molecule has 3 rings (SSSR count). The fourth-order valence-electron chi connectivity index (χ4n) is 3.21. The molecule has 0 aliphatic carbocycles. The highest BCUT2D eigenvalue weighted by Gasteiger charge is 2.37. The van der Waals surface area contributed by atoms with Crippen molar-refractivity contribution in [1.29, 1.82) is 0 Å². The van der Waals surface area contributed by atoms with E-state index in [1.54, 1.807) is 9.80 Å². The van der Waals surface area contributed by atoms with Crippen molar-refractivity contribution in [1.82, 2.24) is 0 Å². The maximum absolute atomic E-state index is 13.0. The molecule has 24 heavy (non-hydrogen) atoms. The van der Waals surface area contributed by atoms with E-state index < -0.39 is 0 Å². The molecule has 0 bridgehead atoms. The molecule has 4 nitrogen and oxygen atoms in total. The molecular formula is C20H22N2O2. The number of rotatable bonds is 4. The van der Waals surface area contributed by atoms with Gasteiger partial charge < -0.3 is 9.80 Å². The van der Waals surface area contributed by atoms with E-state index >= 15 is 0 Å². The van der Waals surface area contributed by atoms with E-state index in [4.69, 9.17) is 0 Å². The van der Waals surface area contributed by atoms with Crippen LogP contribution >= 0.6 is 0 Å². The minimum Gasteiger partial charge on any atom is -0.312 e. The third-order valence-electron chi connectivity index (χ3n) is 4.44. The zero-order valence-electron chi connectivity index (χ0n) is 14.1. The Morgan fingerprint density at radius 3 is 2.58 bits per heavy atom. The predicted molar refractivity (Wildman–Crippen MR) is 96.1 cm³/mol. The summed E-state index contributed by atoms with van der Waals surface area (Å²) < 4.78 is 0. The smallest absolute Gasteiger partial charge is 0.232 e. The molecule has 1 fully saturated rings. The van der Waals surface area contributed by atoms with Gasteiger partial charge in [0.1, 0.15) is 0 Å². The summed E-state index contributed by atoms with van der Waals surface area (Å²) in [5.41, 5.74) is 2.87. The average Bonchev–Trinajstić information content (AvgIpc) is 2.98. The second-order valence-electron chi connectivity index (χ2n) is 6.16. The normalized spacial score (nSPS) is 17.2. The summed E-state index contributed by atoms with van der Waals surface area (Å²) in [6, 6.07) is 17.5. The van der Waals surface area contributed by atoms with Crippen LogP contribution in [-0.4, -0.2) is 24.9 Å². The molecule has 1 aliphatic heterocycles. The molecule has 2 aromatic rings. The van der Waals surface area contributed by atoms with Crippen molar-refractivity contribution in [2.24, 2.45) is 5.92 Å². The summed E-state index contributed by atoms with van der Waals surface area (Å²) >= 11 is 0. The molecule has 0 saturated carbocycles. The monoisotopic (exact) mass is 322 g/mol. The molecule has 2 amide bonds. The summed E-state index contributed by atoms with van der Waals surface area (Å²) in [5.74, 6) is -0.257. The maximum Gasteiger partial charge on any atom is 0.232 e. The van der Waals surface area contributed by atoms with Gasteiger partial charge in [0.25, 0.3) is 0 Å². The number of carbonyl (C=O) groups is 2. The first-order valence-electron chi connectivity index (χ1n) is 8.33. The second-order valence-corrected chi connectivity index (χ2v) is 6.16. The molecule has 0 N–H and O–H groups in total. The van der Waals surface area contributed by atoms with Gasteiger partial charge in [0, 0.05) is 30.9 Å². The number of carbonyl (C=O) groups excluding carboxylic acids is 2. The summed E-state index contributed by atoms with van der Waals surface area (Å²) in [4.78, 5) is 28.8. The summed E-state index contributed by atoms with van der Waals surface area (Å²) in [6.07, 6.45) is 0.274. The Morgan fingerprint density at radius 1 is 1.17 bits per heavy atom. The van der Waals surface area contributed by atoms with E-state index in [9.17, 15) is 9.59 Å². The Balaban J connectivity index is 1.79. The lowest BCUT2D eigenvalue weighted by Crippen LogP contribution is -2.37. The van der Waals surface area contributed by atoms with E-state index in [0.717, 1.165) is 16.9 Å². The summed E-state index contributed by atoms with van der Waals surface area (Å²) in [7, 11) is 0. The van der Waals surface area contributed by atoms with Gasteiger partial charge in [-0.05, 0) is 43.7 Å². The van der Waals surface area contributed by atoms with Crippen LogP contribution in [0.3, 0.4) is 0 Å². The molecular weight excluding hydrogens is 300 g/mol. The van der Waals surface area contributed by atoms with Crippen molar-refractivity contribution in [3.05, 3.63) is 60.2 Å². The quantitative estimate of drug-likeness (QED) is 0.865. The Labute approximate surface area is 142 Å². The molecule has 1 atom stereocenters. The standard InChI is InChI=1S/C20H22N2O2/c1-3-21(18-11-7-8-15(2)12-18)20(24)16-13-19(23)22(14-16)17-9-5-4-6-10-17/h4-12,16H,3,13-14H2,1-2H3/t16-/m1/s1. The SMILES string of the molecule is CCN(C(=O)[C@@H]1CC(=O)N(c2ccccc2)C1)c1cccc(C)c1. The maximum atomic E-state index is 13.0. The average molecular weight is 322 g/mol. The highest BCUT2D eigenvalue weighted by Crippen LogP contribution is 2.28. The van der Waals surface area contributed by atoms with E-state index in [-0.39, 0.29) is 24.2 Å². The Hall–Kier alpha value is -2.62. The van der Waals surface area contributed by atoms with E-state index in [2.05, 4.69) is 0 Å². The van der Waals surface area contributed by atoms with Crippen LogP contribution in [0.2, 0.25) is 0 Å². The van der Waals surface area contributed by atoms with Gasteiger partial charge in [0.15, 0.2) is 0 Å². The predicted octanol–water partition coefficient (Wildman–Crippen LogP) is 3.40. The van der Waals surface area contributed by atoms with Crippen molar-refractivity contribution in [2.45, 2.75) is 20.3 Å². The van der Waals surface area contributed by atoms with Crippen molar-refractivity contribution in [3.63, 3.8) is 0 Å². The fourth-order valence-corrected chi connectivity index (χ4v) is 3.21. The van der Waals surface area contributed by atoms with Gasteiger partial charge >= 0.3 is 0 Å². The molecule has 1 heterocycles. The van der Waals surface area contributed by atoms with Gasteiger partial charge in [-0.3, -0.25) is 9.59 Å². The Morgan fingerprint density at radius 2 is 1.92 bits per heavy atom. The zero-order valence-corrected chi connectivity index (χ0v) is 14.1. The molecule has 124 valence electrons. The minimum atomic E-state index is -0.293. The number of aryl methyl sites for hydroxylation is 1. The Kier molecular flexibility index (Phi) is 4.65.